The molecule has 8 nitrogen and oxygen atoms in total. The first-order valence-electron chi connectivity index (χ1n) is 10.8. The molecule has 5 rings (SSSR count). The van der Waals surface area contributed by atoms with Gasteiger partial charge >= 0.3 is 6.29 Å². The lowest BCUT2D eigenvalue weighted by Crippen LogP contribution is -2.50. The molecule has 0 N–H and O–H groups in total. The molecule has 0 radical (unpaired) electrons. The van der Waals surface area contributed by atoms with Crippen LogP contribution in [0.1, 0.15) is 34.5 Å². The Labute approximate surface area is 194 Å². The van der Waals surface area contributed by atoms with Crippen LogP contribution in [0.15, 0.2) is 42.6 Å². The number of pyridine rings is 1. The quantitative estimate of drug-likeness (QED) is 0.643. The number of carbonyl (C=O) groups excluding carboxylic acids is 2. The number of nitrogens with zero attached hydrogens (tertiary/aromatic N) is 4. The van der Waals surface area contributed by atoms with Crippen molar-refractivity contribution in [3.05, 3.63) is 59.4 Å². The molecule has 3 aliphatic rings. The van der Waals surface area contributed by atoms with E-state index in [1.807, 2.05) is 0 Å². The number of ether oxygens (including phenoxy) is 2. The average molecular weight is 466 g/mol. The van der Waals surface area contributed by atoms with Crippen LogP contribution in [0.25, 0.3) is 6.08 Å². The second-order valence-corrected chi connectivity index (χ2v) is 8.45. The molecule has 34 heavy (non-hydrogen) atoms. The van der Waals surface area contributed by atoms with Crippen molar-refractivity contribution in [2.75, 3.05) is 26.2 Å². The van der Waals surface area contributed by atoms with E-state index in [1.54, 1.807) is 34.2 Å². The summed E-state index contributed by atoms with van der Waals surface area (Å²) in [5.41, 5.74) is 1.07. The van der Waals surface area contributed by atoms with E-state index in [0.717, 1.165) is 12.8 Å². The Balaban J connectivity index is 1.17. The van der Waals surface area contributed by atoms with Crippen LogP contribution < -0.4 is 9.47 Å². The van der Waals surface area contributed by atoms with Crippen LogP contribution in [0.3, 0.4) is 0 Å². The molecular formula is C24H20F2N4O4. The molecular weight excluding hydrogens is 446 g/mol. The number of fused-ring (bicyclic) bond motifs is 1. The highest BCUT2D eigenvalue weighted by Crippen LogP contribution is 2.46. The van der Waals surface area contributed by atoms with Gasteiger partial charge in [-0.15, -0.1) is 8.78 Å². The molecule has 174 valence electrons. The largest absolute Gasteiger partial charge is 0.586 e. The van der Waals surface area contributed by atoms with Gasteiger partial charge in [-0.1, -0.05) is 6.07 Å². The van der Waals surface area contributed by atoms with Crippen molar-refractivity contribution in [1.82, 2.24) is 14.8 Å². The van der Waals surface area contributed by atoms with Gasteiger partial charge in [0.15, 0.2) is 11.5 Å². The normalized spacial score (nSPS) is 19.7. The second-order valence-electron chi connectivity index (χ2n) is 8.45. The maximum absolute atomic E-state index is 13.1. The van der Waals surface area contributed by atoms with Crippen LogP contribution in [0, 0.1) is 11.3 Å². The average Bonchev–Trinajstić information content (AvgIpc) is 3.58. The van der Waals surface area contributed by atoms with Crippen molar-refractivity contribution >= 4 is 17.9 Å². The van der Waals surface area contributed by atoms with Crippen LogP contribution in [0.2, 0.25) is 0 Å². The van der Waals surface area contributed by atoms with Crippen LogP contribution in [-0.2, 0) is 10.2 Å². The predicted molar refractivity (Wildman–Crippen MR) is 115 cm³/mol. The number of alkyl halides is 2. The van der Waals surface area contributed by atoms with Gasteiger partial charge < -0.3 is 19.3 Å². The SMILES string of the molecule is N#CC1(c2cc(C(=O)N3CCN(C(=O)/C=C/c4ccc5c(c4)OC(F)(F)O5)CC3)ccn2)CC1. The Morgan fingerprint density at radius 3 is 2.44 bits per heavy atom. The van der Waals surface area contributed by atoms with Gasteiger partial charge in [-0.3, -0.25) is 14.6 Å². The maximum atomic E-state index is 13.1. The van der Waals surface area contributed by atoms with Crippen molar-refractivity contribution in [3.8, 4) is 17.6 Å². The summed E-state index contributed by atoms with van der Waals surface area (Å²) in [6.45, 7) is 1.47. The molecule has 0 bridgehead atoms. The number of carbonyl (C=O) groups is 2. The lowest BCUT2D eigenvalue weighted by molar-refractivity contribution is -0.286. The highest BCUT2D eigenvalue weighted by atomic mass is 19.3. The fraction of sp³-hybridized carbons (Fsp3) is 0.333. The van der Waals surface area contributed by atoms with E-state index in [0.29, 0.717) is 43.0 Å². The monoisotopic (exact) mass is 466 g/mol. The van der Waals surface area contributed by atoms with Gasteiger partial charge in [-0.05, 0) is 48.7 Å². The zero-order valence-electron chi connectivity index (χ0n) is 18.0. The Hall–Kier alpha value is -4.00. The summed E-state index contributed by atoms with van der Waals surface area (Å²) < 4.78 is 35.1. The number of halogens is 2. The molecule has 0 atom stereocenters. The van der Waals surface area contributed by atoms with Crippen molar-refractivity contribution in [3.63, 3.8) is 0 Å². The summed E-state index contributed by atoms with van der Waals surface area (Å²) >= 11 is 0. The molecule has 0 spiro atoms. The van der Waals surface area contributed by atoms with E-state index < -0.39 is 11.7 Å². The summed E-state index contributed by atoms with van der Waals surface area (Å²) in [4.78, 5) is 33.1. The van der Waals surface area contributed by atoms with Gasteiger partial charge in [0.2, 0.25) is 5.91 Å². The third kappa shape index (κ3) is 4.17. The Kier molecular flexibility index (Phi) is 5.20. The topological polar surface area (TPSA) is 95.8 Å². The third-order valence-electron chi connectivity index (χ3n) is 6.18. The highest BCUT2D eigenvalue weighted by molar-refractivity contribution is 5.95. The molecule has 1 saturated heterocycles. The lowest BCUT2D eigenvalue weighted by Gasteiger charge is -2.34. The minimum atomic E-state index is -3.69. The van der Waals surface area contributed by atoms with E-state index in [4.69, 9.17) is 0 Å². The van der Waals surface area contributed by atoms with Gasteiger partial charge in [0, 0.05) is 44.0 Å². The summed E-state index contributed by atoms with van der Waals surface area (Å²) in [7, 11) is 0. The van der Waals surface area contributed by atoms with Crippen LogP contribution >= 0.6 is 0 Å². The van der Waals surface area contributed by atoms with Gasteiger partial charge in [0.1, 0.15) is 0 Å². The van der Waals surface area contributed by atoms with Gasteiger partial charge in [0.05, 0.1) is 17.2 Å². The van der Waals surface area contributed by atoms with E-state index in [1.165, 1.54) is 24.3 Å². The number of nitriles is 1. The first kappa shape index (κ1) is 21.8. The Bertz CT molecular complexity index is 1230. The number of aromatic nitrogens is 1. The summed E-state index contributed by atoms with van der Waals surface area (Å²) in [6, 6.07) is 9.90. The summed E-state index contributed by atoms with van der Waals surface area (Å²) in [5, 5.41) is 9.38. The standard InChI is InChI=1S/C24H20F2N4O4/c25-24(26)33-18-3-1-16(13-19(18)34-24)2-4-21(31)29-9-11-30(12-10-29)22(32)17-5-8-28-20(14-17)23(15-27)6-7-23/h1-5,8,13-14H,6-7,9-12H2/b4-2+. The predicted octanol–water partition coefficient (Wildman–Crippen LogP) is 2.96. The maximum Gasteiger partial charge on any atom is 0.586 e. The molecule has 2 amide bonds. The van der Waals surface area contributed by atoms with Crippen LogP contribution in [-0.4, -0.2) is 59.1 Å². The lowest BCUT2D eigenvalue weighted by atomic mass is 10.0. The van der Waals surface area contributed by atoms with E-state index >= 15 is 0 Å². The molecule has 2 fully saturated rings. The zero-order valence-corrected chi connectivity index (χ0v) is 18.0. The molecule has 1 aromatic carbocycles. The molecule has 1 aliphatic carbocycles. The smallest absolute Gasteiger partial charge is 0.395 e. The molecule has 2 aliphatic heterocycles. The summed E-state index contributed by atoms with van der Waals surface area (Å²) in [6.07, 6.45) is 2.25. The fourth-order valence-electron chi connectivity index (χ4n) is 4.03. The van der Waals surface area contributed by atoms with E-state index in [-0.39, 0.29) is 23.3 Å². The Morgan fingerprint density at radius 2 is 1.74 bits per heavy atom. The number of rotatable bonds is 4. The minimum absolute atomic E-state index is 0.0597. The molecule has 1 saturated carbocycles. The molecule has 0 unspecified atom stereocenters. The van der Waals surface area contributed by atoms with Gasteiger partial charge in [-0.25, -0.2) is 0 Å². The second kappa shape index (κ2) is 8.09. The zero-order chi connectivity index (χ0) is 23.9. The minimum Gasteiger partial charge on any atom is -0.395 e. The number of hydrogen-bond donors (Lipinski definition) is 0. The van der Waals surface area contributed by atoms with Gasteiger partial charge in [0.25, 0.3) is 5.91 Å². The number of piperazine rings is 1. The van der Waals surface area contributed by atoms with E-state index in [2.05, 4.69) is 20.5 Å². The number of hydrogen-bond acceptors (Lipinski definition) is 6. The van der Waals surface area contributed by atoms with Crippen LogP contribution in [0.4, 0.5) is 8.78 Å². The molecule has 2 aromatic rings. The molecule has 1 aromatic heterocycles. The van der Waals surface area contributed by atoms with E-state index in [9.17, 15) is 23.6 Å². The number of benzene rings is 1. The molecule has 3 heterocycles. The molecule has 10 heteroatoms. The number of amides is 2. The van der Waals surface area contributed by atoms with Crippen molar-refractivity contribution in [1.29, 1.82) is 5.26 Å². The van der Waals surface area contributed by atoms with Crippen molar-refractivity contribution in [2.45, 2.75) is 24.6 Å². The van der Waals surface area contributed by atoms with Crippen molar-refractivity contribution < 1.29 is 27.8 Å². The first-order valence-corrected chi connectivity index (χ1v) is 10.8. The van der Waals surface area contributed by atoms with Gasteiger partial charge in [-0.2, -0.15) is 5.26 Å². The summed E-state index contributed by atoms with van der Waals surface area (Å²) in [5.74, 6) is -0.549. The third-order valence-corrected chi connectivity index (χ3v) is 6.18. The van der Waals surface area contributed by atoms with Crippen molar-refractivity contribution in [2.24, 2.45) is 0 Å². The highest BCUT2D eigenvalue weighted by Gasteiger charge is 2.46. The fourth-order valence-corrected chi connectivity index (χ4v) is 4.03. The van der Waals surface area contributed by atoms with Crippen LogP contribution in [0.5, 0.6) is 11.5 Å². The first-order chi connectivity index (χ1) is 16.3. The Morgan fingerprint density at radius 1 is 1.03 bits per heavy atom.